The van der Waals surface area contributed by atoms with Crippen molar-refractivity contribution in [3.05, 3.63) is 82.1 Å². The van der Waals surface area contributed by atoms with Gasteiger partial charge in [-0.15, -0.1) is 0 Å². The molecule has 0 fully saturated rings. The molecule has 0 bridgehead atoms. The molecule has 0 atom stereocenters. The Kier molecular flexibility index (Phi) is 3.78. The van der Waals surface area contributed by atoms with Gasteiger partial charge >= 0.3 is 0 Å². The summed E-state index contributed by atoms with van der Waals surface area (Å²) >= 11 is 11.9. The van der Waals surface area contributed by atoms with Gasteiger partial charge in [0.15, 0.2) is 5.78 Å². The standard InChI is InChI=1S/C16H10Cl2N2O/c17-12-6-7-14(15(18)8-12)16(21)11-9-19-20(10-11)13-4-2-1-3-5-13/h1-10H. The number of hydrogen-bond donors (Lipinski definition) is 0. The minimum atomic E-state index is -0.182. The van der Waals surface area contributed by atoms with E-state index in [4.69, 9.17) is 23.2 Å². The fourth-order valence-electron chi connectivity index (χ4n) is 1.99. The lowest BCUT2D eigenvalue weighted by Gasteiger charge is -2.02. The highest BCUT2D eigenvalue weighted by Crippen LogP contribution is 2.23. The van der Waals surface area contributed by atoms with Crippen molar-refractivity contribution in [3.8, 4) is 5.69 Å². The van der Waals surface area contributed by atoms with E-state index in [-0.39, 0.29) is 5.78 Å². The molecule has 1 heterocycles. The first-order valence-electron chi connectivity index (χ1n) is 6.25. The highest BCUT2D eigenvalue weighted by atomic mass is 35.5. The second-order valence-corrected chi connectivity index (χ2v) is 5.31. The van der Waals surface area contributed by atoms with Gasteiger partial charge in [-0.25, -0.2) is 4.68 Å². The first-order chi connectivity index (χ1) is 10.1. The van der Waals surface area contributed by atoms with Crippen LogP contribution < -0.4 is 0 Å². The van der Waals surface area contributed by atoms with Crippen LogP contribution in [0.4, 0.5) is 0 Å². The van der Waals surface area contributed by atoms with Crippen molar-refractivity contribution in [1.82, 2.24) is 9.78 Å². The number of nitrogens with zero attached hydrogens (tertiary/aromatic N) is 2. The van der Waals surface area contributed by atoms with Gasteiger partial charge in [0.2, 0.25) is 0 Å². The summed E-state index contributed by atoms with van der Waals surface area (Å²) < 4.78 is 1.65. The van der Waals surface area contributed by atoms with Crippen LogP contribution in [0, 0.1) is 0 Å². The van der Waals surface area contributed by atoms with Gasteiger partial charge in [0.25, 0.3) is 0 Å². The summed E-state index contributed by atoms with van der Waals surface area (Å²) in [6, 6.07) is 14.4. The Morgan fingerprint density at radius 3 is 2.52 bits per heavy atom. The van der Waals surface area contributed by atoms with E-state index in [1.807, 2.05) is 30.3 Å². The Balaban J connectivity index is 1.94. The number of carbonyl (C=O) groups is 1. The summed E-state index contributed by atoms with van der Waals surface area (Å²) in [4.78, 5) is 12.4. The quantitative estimate of drug-likeness (QED) is 0.671. The first kappa shape index (κ1) is 13.9. The average Bonchev–Trinajstić information content (AvgIpc) is 2.97. The summed E-state index contributed by atoms with van der Waals surface area (Å²) in [5.74, 6) is -0.182. The van der Waals surface area contributed by atoms with Crippen molar-refractivity contribution in [2.75, 3.05) is 0 Å². The Morgan fingerprint density at radius 2 is 1.81 bits per heavy atom. The molecule has 0 unspecified atom stereocenters. The van der Waals surface area contributed by atoms with E-state index in [1.165, 1.54) is 6.20 Å². The van der Waals surface area contributed by atoms with Crippen molar-refractivity contribution in [2.45, 2.75) is 0 Å². The van der Waals surface area contributed by atoms with Gasteiger partial charge in [-0.3, -0.25) is 4.79 Å². The molecular weight excluding hydrogens is 307 g/mol. The predicted molar refractivity (Wildman–Crippen MR) is 83.5 cm³/mol. The number of rotatable bonds is 3. The van der Waals surface area contributed by atoms with Crippen LogP contribution in [0.5, 0.6) is 0 Å². The number of hydrogen-bond acceptors (Lipinski definition) is 2. The lowest BCUT2D eigenvalue weighted by molar-refractivity contribution is 0.103. The molecule has 3 rings (SSSR count). The van der Waals surface area contributed by atoms with Gasteiger partial charge in [-0.2, -0.15) is 5.10 Å². The van der Waals surface area contributed by atoms with E-state index in [9.17, 15) is 4.79 Å². The Hall–Kier alpha value is -2.10. The zero-order valence-electron chi connectivity index (χ0n) is 10.8. The normalized spacial score (nSPS) is 10.6. The lowest BCUT2D eigenvalue weighted by atomic mass is 10.1. The van der Waals surface area contributed by atoms with E-state index in [1.54, 1.807) is 29.1 Å². The van der Waals surface area contributed by atoms with Gasteiger partial charge in [-0.05, 0) is 30.3 Å². The van der Waals surface area contributed by atoms with Gasteiger partial charge in [0.05, 0.1) is 22.5 Å². The molecule has 2 aromatic carbocycles. The van der Waals surface area contributed by atoms with E-state index >= 15 is 0 Å². The van der Waals surface area contributed by atoms with Crippen LogP contribution in [-0.2, 0) is 0 Å². The molecule has 1 aromatic heterocycles. The molecule has 0 radical (unpaired) electrons. The smallest absolute Gasteiger partial charge is 0.197 e. The third kappa shape index (κ3) is 2.84. The molecule has 21 heavy (non-hydrogen) atoms. The van der Waals surface area contributed by atoms with Crippen LogP contribution in [-0.4, -0.2) is 15.6 Å². The number of aromatic nitrogens is 2. The predicted octanol–water partition coefficient (Wildman–Crippen LogP) is 4.41. The molecule has 104 valence electrons. The number of carbonyl (C=O) groups excluding carboxylic acids is 1. The maximum atomic E-state index is 12.4. The van der Waals surface area contributed by atoms with Crippen LogP contribution >= 0.6 is 23.2 Å². The van der Waals surface area contributed by atoms with E-state index < -0.39 is 0 Å². The fourth-order valence-corrected chi connectivity index (χ4v) is 2.49. The monoisotopic (exact) mass is 316 g/mol. The van der Waals surface area contributed by atoms with Gasteiger partial charge < -0.3 is 0 Å². The average molecular weight is 317 g/mol. The van der Waals surface area contributed by atoms with E-state index in [2.05, 4.69) is 5.10 Å². The van der Waals surface area contributed by atoms with Crippen LogP contribution in [0.3, 0.4) is 0 Å². The summed E-state index contributed by atoms with van der Waals surface area (Å²) in [6.45, 7) is 0. The molecule has 0 spiro atoms. The SMILES string of the molecule is O=C(c1cnn(-c2ccccc2)c1)c1ccc(Cl)cc1Cl. The number of halogens is 2. The molecule has 0 N–H and O–H groups in total. The summed E-state index contributed by atoms with van der Waals surface area (Å²) in [5.41, 5.74) is 1.77. The zero-order chi connectivity index (χ0) is 14.8. The van der Waals surface area contributed by atoms with Crippen molar-refractivity contribution in [3.63, 3.8) is 0 Å². The third-order valence-corrected chi connectivity index (χ3v) is 3.59. The van der Waals surface area contributed by atoms with Crippen molar-refractivity contribution in [1.29, 1.82) is 0 Å². The molecule has 0 saturated carbocycles. The van der Waals surface area contributed by atoms with Crippen LogP contribution in [0.25, 0.3) is 5.69 Å². The second-order valence-electron chi connectivity index (χ2n) is 4.46. The lowest BCUT2D eigenvalue weighted by Crippen LogP contribution is -2.01. The number of benzene rings is 2. The topological polar surface area (TPSA) is 34.9 Å². The Labute approximate surface area is 131 Å². The molecule has 0 aliphatic carbocycles. The largest absolute Gasteiger partial charge is 0.288 e. The third-order valence-electron chi connectivity index (χ3n) is 3.04. The molecular formula is C16H10Cl2N2O. The maximum absolute atomic E-state index is 12.4. The van der Waals surface area contributed by atoms with Gasteiger partial charge in [0, 0.05) is 16.8 Å². The summed E-state index contributed by atoms with van der Waals surface area (Å²) in [7, 11) is 0. The number of ketones is 1. The molecule has 3 aromatic rings. The van der Waals surface area contributed by atoms with Crippen molar-refractivity contribution in [2.24, 2.45) is 0 Å². The maximum Gasteiger partial charge on any atom is 0.197 e. The number of para-hydroxylation sites is 1. The molecule has 3 nitrogen and oxygen atoms in total. The van der Waals surface area contributed by atoms with Gasteiger partial charge in [0.1, 0.15) is 0 Å². The van der Waals surface area contributed by atoms with E-state index in [0.29, 0.717) is 21.2 Å². The van der Waals surface area contributed by atoms with Crippen LogP contribution in [0.15, 0.2) is 60.9 Å². The minimum absolute atomic E-state index is 0.182. The molecule has 0 amide bonds. The Morgan fingerprint density at radius 1 is 1.05 bits per heavy atom. The molecule has 0 saturated heterocycles. The molecule has 5 heteroatoms. The first-order valence-corrected chi connectivity index (χ1v) is 7.00. The Bertz CT molecular complexity index is 797. The van der Waals surface area contributed by atoms with E-state index in [0.717, 1.165) is 5.69 Å². The fraction of sp³-hybridized carbons (Fsp3) is 0. The summed E-state index contributed by atoms with van der Waals surface area (Å²) in [5, 5.41) is 5.04. The van der Waals surface area contributed by atoms with Crippen LogP contribution in [0.1, 0.15) is 15.9 Å². The minimum Gasteiger partial charge on any atom is -0.288 e. The summed E-state index contributed by atoms with van der Waals surface area (Å²) in [6.07, 6.45) is 3.21. The zero-order valence-corrected chi connectivity index (χ0v) is 12.3. The highest BCUT2D eigenvalue weighted by Gasteiger charge is 2.15. The molecule has 0 aliphatic rings. The van der Waals surface area contributed by atoms with Gasteiger partial charge in [-0.1, -0.05) is 41.4 Å². The molecule has 0 aliphatic heterocycles. The second kappa shape index (κ2) is 5.72. The highest BCUT2D eigenvalue weighted by molar-refractivity contribution is 6.37. The van der Waals surface area contributed by atoms with Crippen molar-refractivity contribution < 1.29 is 4.79 Å². The van der Waals surface area contributed by atoms with Crippen LogP contribution in [0.2, 0.25) is 10.0 Å². The van der Waals surface area contributed by atoms with Crippen molar-refractivity contribution >= 4 is 29.0 Å².